The molecule has 2 N–H and O–H groups in total. The third kappa shape index (κ3) is 3.32. The molecule has 0 unspecified atom stereocenters. The number of anilines is 1. The van der Waals surface area contributed by atoms with E-state index in [0.717, 1.165) is 0 Å². The lowest BCUT2D eigenvalue weighted by Gasteiger charge is -2.30. The van der Waals surface area contributed by atoms with Gasteiger partial charge in [-0.2, -0.15) is 0 Å². The fourth-order valence-electron chi connectivity index (χ4n) is 3.25. The van der Waals surface area contributed by atoms with Gasteiger partial charge in [-0.3, -0.25) is 29.8 Å². The summed E-state index contributed by atoms with van der Waals surface area (Å²) in [4.78, 5) is 48.4. The standard InChI is InChI=1S/C20H19N3O7/c1-20(2)12-7-8-13(16(23(27)28)15(12)18(25)22-19(20)26)21-17(24)11-6-5-10(29-3)9-14(11)30-4/h5-9H,1-4H3,(H,21,24)(H,22,25,26). The maximum absolute atomic E-state index is 12.8. The molecule has 0 aliphatic carbocycles. The summed E-state index contributed by atoms with van der Waals surface area (Å²) in [5.41, 5.74) is -1.86. The third-order valence-corrected chi connectivity index (χ3v) is 4.96. The van der Waals surface area contributed by atoms with Gasteiger partial charge >= 0.3 is 5.69 Å². The first-order valence-corrected chi connectivity index (χ1v) is 8.82. The highest BCUT2D eigenvalue weighted by atomic mass is 16.6. The minimum atomic E-state index is -1.16. The Labute approximate surface area is 171 Å². The molecule has 0 saturated heterocycles. The van der Waals surface area contributed by atoms with Crippen LogP contribution in [0.1, 0.15) is 40.1 Å². The summed E-state index contributed by atoms with van der Waals surface area (Å²) >= 11 is 0. The van der Waals surface area contributed by atoms with Crippen LogP contribution in [0.15, 0.2) is 30.3 Å². The SMILES string of the molecule is COc1ccc(C(=O)Nc2ccc3c(c2[N+](=O)[O-])C(=O)NC(=O)C3(C)C)c(OC)c1. The van der Waals surface area contributed by atoms with Gasteiger partial charge in [-0.15, -0.1) is 0 Å². The number of carbonyl (C=O) groups excluding carboxylic acids is 3. The van der Waals surface area contributed by atoms with Gasteiger partial charge in [0, 0.05) is 6.07 Å². The summed E-state index contributed by atoms with van der Waals surface area (Å²) in [7, 11) is 2.83. The van der Waals surface area contributed by atoms with Crippen LogP contribution < -0.4 is 20.1 Å². The molecule has 1 aliphatic rings. The van der Waals surface area contributed by atoms with E-state index in [1.807, 2.05) is 0 Å². The Morgan fingerprint density at radius 1 is 1.13 bits per heavy atom. The van der Waals surface area contributed by atoms with Crippen LogP contribution in [0.4, 0.5) is 11.4 Å². The molecular formula is C20H19N3O7. The Kier molecular flexibility index (Phi) is 5.17. The second-order valence-corrected chi connectivity index (χ2v) is 7.07. The number of hydrogen-bond donors (Lipinski definition) is 2. The monoisotopic (exact) mass is 413 g/mol. The van der Waals surface area contributed by atoms with Crippen molar-refractivity contribution in [1.82, 2.24) is 5.32 Å². The van der Waals surface area contributed by atoms with Crippen LogP contribution in [0.2, 0.25) is 0 Å². The van der Waals surface area contributed by atoms with E-state index in [0.29, 0.717) is 5.75 Å². The van der Waals surface area contributed by atoms with E-state index in [9.17, 15) is 24.5 Å². The number of nitrogens with zero attached hydrogens (tertiary/aromatic N) is 1. The molecule has 2 aromatic carbocycles. The van der Waals surface area contributed by atoms with Crippen LogP contribution in [0.3, 0.4) is 0 Å². The first kappa shape index (κ1) is 20.8. The minimum Gasteiger partial charge on any atom is -0.497 e. The van der Waals surface area contributed by atoms with Crippen molar-refractivity contribution in [2.24, 2.45) is 0 Å². The van der Waals surface area contributed by atoms with Crippen LogP contribution in [0.5, 0.6) is 11.5 Å². The van der Waals surface area contributed by atoms with Crippen LogP contribution in [-0.2, 0) is 10.2 Å². The summed E-state index contributed by atoms with van der Waals surface area (Å²) in [6, 6.07) is 7.22. The van der Waals surface area contributed by atoms with Crippen LogP contribution in [-0.4, -0.2) is 36.9 Å². The van der Waals surface area contributed by atoms with Gasteiger partial charge in [-0.1, -0.05) is 6.07 Å². The molecule has 10 heteroatoms. The average Bonchev–Trinajstić information content (AvgIpc) is 2.71. The highest BCUT2D eigenvalue weighted by Gasteiger charge is 2.44. The zero-order valence-electron chi connectivity index (χ0n) is 16.7. The predicted octanol–water partition coefficient (Wildman–Crippen LogP) is 2.41. The first-order valence-electron chi connectivity index (χ1n) is 8.82. The normalized spacial score (nSPS) is 14.4. The van der Waals surface area contributed by atoms with Crippen molar-refractivity contribution in [3.8, 4) is 11.5 Å². The molecule has 30 heavy (non-hydrogen) atoms. The second-order valence-electron chi connectivity index (χ2n) is 7.07. The van der Waals surface area contributed by atoms with Gasteiger partial charge in [0.15, 0.2) is 0 Å². The summed E-state index contributed by atoms with van der Waals surface area (Å²) in [5, 5.41) is 16.4. The van der Waals surface area contributed by atoms with Gasteiger partial charge in [0.2, 0.25) is 5.91 Å². The van der Waals surface area contributed by atoms with E-state index in [2.05, 4.69) is 10.6 Å². The fourth-order valence-corrected chi connectivity index (χ4v) is 3.25. The molecule has 0 fully saturated rings. The van der Waals surface area contributed by atoms with Crippen molar-refractivity contribution in [3.63, 3.8) is 0 Å². The molecule has 0 aromatic heterocycles. The Balaban J connectivity index is 2.09. The predicted molar refractivity (Wildman–Crippen MR) is 106 cm³/mol. The van der Waals surface area contributed by atoms with Crippen molar-refractivity contribution in [2.75, 3.05) is 19.5 Å². The minimum absolute atomic E-state index is 0.116. The number of nitrogens with one attached hydrogen (secondary N) is 2. The van der Waals surface area contributed by atoms with Gasteiger partial charge in [-0.05, 0) is 37.6 Å². The van der Waals surface area contributed by atoms with E-state index in [4.69, 9.17) is 9.47 Å². The molecule has 10 nitrogen and oxygen atoms in total. The molecule has 2 aromatic rings. The van der Waals surface area contributed by atoms with E-state index in [-0.39, 0.29) is 28.1 Å². The number of rotatable bonds is 5. The summed E-state index contributed by atoms with van der Waals surface area (Å²) in [5.74, 6) is -1.46. The third-order valence-electron chi connectivity index (χ3n) is 4.96. The van der Waals surface area contributed by atoms with E-state index in [1.54, 1.807) is 19.9 Å². The van der Waals surface area contributed by atoms with Crippen molar-refractivity contribution in [1.29, 1.82) is 0 Å². The fraction of sp³-hybridized carbons (Fsp3) is 0.250. The number of benzene rings is 2. The number of fused-ring (bicyclic) bond motifs is 1. The first-order chi connectivity index (χ1) is 14.1. The van der Waals surface area contributed by atoms with Crippen molar-refractivity contribution < 1.29 is 28.8 Å². The summed E-state index contributed by atoms with van der Waals surface area (Å²) in [6.45, 7) is 3.11. The average molecular weight is 413 g/mol. The van der Waals surface area contributed by atoms with Crippen LogP contribution in [0.25, 0.3) is 0 Å². The zero-order valence-corrected chi connectivity index (χ0v) is 16.7. The Morgan fingerprint density at radius 3 is 2.43 bits per heavy atom. The molecule has 0 radical (unpaired) electrons. The molecule has 0 bridgehead atoms. The number of nitro groups is 1. The van der Waals surface area contributed by atoms with E-state index < -0.39 is 33.7 Å². The van der Waals surface area contributed by atoms with Gasteiger partial charge in [0.1, 0.15) is 22.7 Å². The van der Waals surface area contributed by atoms with Gasteiger partial charge in [0.05, 0.1) is 30.1 Å². The lowest BCUT2D eigenvalue weighted by atomic mass is 9.77. The lowest BCUT2D eigenvalue weighted by molar-refractivity contribution is -0.384. The number of hydrogen-bond acceptors (Lipinski definition) is 7. The molecule has 3 rings (SSSR count). The quantitative estimate of drug-likeness (QED) is 0.436. The van der Waals surface area contributed by atoms with E-state index in [1.165, 1.54) is 38.5 Å². The largest absolute Gasteiger partial charge is 0.497 e. The Bertz CT molecular complexity index is 1090. The molecule has 0 atom stereocenters. The molecule has 156 valence electrons. The highest BCUT2D eigenvalue weighted by Crippen LogP contribution is 2.40. The highest BCUT2D eigenvalue weighted by molar-refractivity contribution is 6.17. The van der Waals surface area contributed by atoms with Gasteiger partial charge in [-0.25, -0.2) is 0 Å². The molecule has 3 amide bonds. The molecule has 1 aliphatic heterocycles. The molecular weight excluding hydrogens is 394 g/mol. The maximum Gasteiger partial charge on any atom is 0.305 e. The molecule has 1 heterocycles. The van der Waals surface area contributed by atoms with E-state index >= 15 is 0 Å². The number of ether oxygens (including phenoxy) is 2. The van der Waals surface area contributed by atoms with Crippen molar-refractivity contribution in [2.45, 2.75) is 19.3 Å². The number of amides is 3. The topological polar surface area (TPSA) is 137 Å². The zero-order chi connectivity index (χ0) is 22.2. The number of imide groups is 1. The molecule has 0 spiro atoms. The second kappa shape index (κ2) is 7.47. The Hall–Kier alpha value is -3.95. The van der Waals surface area contributed by atoms with Crippen molar-refractivity contribution >= 4 is 29.1 Å². The van der Waals surface area contributed by atoms with Gasteiger partial charge in [0.25, 0.3) is 11.8 Å². The number of nitro benzene ring substituents is 1. The summed E-state index contributed by atoms with van der Waals surface area (Å²) in [6.07, 6.45) is 0. The van der Waals surface area contributed by atoms with Gasteiger partial charge < -0.3 is 14.8 Å². The van der Waals surface area contributed by atoms with Crippen LogP contribution >= 0.6 is 0 Å². The summed E-state index contributed by atoms with van der Waals surface area (Å²) < 4.78 is 10.3. The van der Waals surface area contributed by atoms with Crippen LogP contribution in [0, 0.1) is 10.1 Å². The smallest absolute Gasteiger partial charge is 0.305 e. The number of carbonyl (C=O) groups is 3. The Morgan fingerprint density at radius 2 is 1.83 bits per heavy atom. The maximum atomic E-state index is 12.8. The van der Waals surface area contributed by atoms with Crippen molar-refractivity contribution in [3.05, 3.63) is 57.1 Å². The number of methoxy groups -OCH3 is 2. The molecule has 0 saturated carbocycles. The lowest BCUT2D eigenvalue weighted by Crippen LogP contribution is -2.49.